The second kappa shape index (κ2) is 6.58. The van der Waals surface area contributed by atoms with Gasteiger partial charge in [0.2, 0.25) is 0 Å². The number of allylic oxidation sites excluding steroid dienone is 4. The van der Waals surface area contributed by atoms with Gasteiger partial charge in [0.15, 0.2) is 5.78 Å². The van der Waals surface area contributed by atoms with Crippen molar-refractivity contribution < 1.29 is 4.79 Å². The Bertz CT molecular complexity index is 329. The average Bonchev–Trinajstić information content (AvgIpc) is 2.14. The van der Waals surface area contributed by atoms with Gasteiger partial charge in [0, 0.05) is 16.5 Å². The number of halogens is 2. The number of ketones is 1. The summed E-state index contributed by atoms with van der Waals surface area (Å²) in [7, 11) is 0. The minimum absolute atomic E-state index is 0. The van der Waals surface area contributed by atoms with Crippen LogP contribution in [0.2, 0.25) is 0 Å². The largest absolute Gasteiger partial charge is 0.303 e. The SMILES string of the molecule is CC(NC(C)(C)C)C(=O)C1C=C(Cl)C=CC1.Cl. The van der Waals surface area contributed by atoms with Crippen LogP contribution >= 0.6 is 24.0 Å². The van der Waals surface area contributed by atoms with Crippen LogP contribution in [0.4, 0.5) is 0 Å². The van der Waals surface area contributed by atoms with Crippen molar-refractivity contribution in [3.05, 3.63) is 23.3 Å². The summed E-state index contributed by atoms with van der Waals surface area (Å²) < 4.78 is 0. The Morgan fingerprint density at radius 3 is 2.59 bits per heavy atom. The fourth-order valence-corrected chi connectivity index (χ4v) is 2.12. The van der Waals surface area contributed by atoms with E-state index in [-0.39, 0.29) is 35.7 Å². The van der Waals surface area contributed by atoms with E-state index in [1.165, 1.54) is 0 Å². The van der Waals surface area contributed by atoms with Crippen molar-refractivity contribution in [1.82, 2.24) is 5.32 Å². The number of carbonyl (C=O) groups is 1. The average molecular weight is 278 g/mol. The van der Waals surface area contributed by atoms with E-state index in [1.54, 1.807) is 0 Å². The number of carbonyl (C=O) groups excluding carboxylic acids is 1. The summed E-state index contributed by atoms with van der Waals surface area (Å²) in [6.07, 6.45) is 6.39. The van der Waals surface area contributed by atoms with Crippen LogP contribution in [0.3, 0.4) is 0 Å². The quantitative estimate of drug-likeness (QED) is 0.856. The van der Waals surface area contributed by atoms with E-state index in [9.17, 15) is 4.79 Å². The highest BCUT2D eigenvalue weighted by Gasteiger charge is 2.25. The van der Waals surface area contributed by atoms with E-state index < -0.39 is 0 Å². The molecule has 0 aromatic carbocycles. The van der Waals surface area contributed by atoms with Crippen LogP contribution in [0, 0.1) is 5.92 Å². The van der Waals surface area contributed by atoms with Crippen LogP contribution in [0.25, 0.3) is 0 Å². The summed E-state index contributed by atoms with van der Waals surface area (Å²) in [6, 6.07) is -0.141. The van der Waals surface area contributed by atoms with Crippen LogP contribution in [0.5, 0.6) is 0 Å². The molecule has 0 aromatic rings. The van der Waals surface area contributed by atoms with E-state index in [0.29, 0.717) is 5.03 Å². The zero-order valence-electron chi connectivity index (χ0n) is 10.8. The van der Waals surface area contributed by atoms with Crippen LogP contribution in [0.15, 0.2) is 23.3 Å². The summed E-state index contributed by atoms with van der Waals surface area (Å²) >= 11 is 5.89. The van der Waals surface area contributed by atoms with Crippen molar-refractivity contribution >= 4 is 29.8 Å². The predicted octanol–water partition coefficient (Wildman–Crippen LogP) is 3.45. The molecule has 0 radical (unpaired) electrons. The van der Waals surface area contributed by atoms with Crippen molar-refractivity contribution in [3.63, 3.8) is 0 Å². The first kappa shape index (κ1) is 16.7. The van der Waals surface area contributed by atoms with Crippen molar-refractivity contribution in [2.24, 2.45) is 5.92 Å². The maximum atomic E-state index is 12.1. The number of hydrogen-bond donors (Lipinski definition) is 1. The molecule has 1 aliphatic carbocycles. The molecule has 0 amide bonds. The molecular formula is C13H21Cl2NO. The third kappa shape index (κ3) is 5.71. The molecule has 0 saturated carbocycles. The molecule has 0 spiro atoms. The molecule has 0 saturated heterocycles. The lowest BCUT2D eigenvalue weighted by Gasteiger charge is -2.27. The molecule has 2 atom stereocenters. The molecule has 1 aliphatic rings. The normalized spacial score (nSPS) is 21.5. The fraction of sp³-hybridized carbons (Fsp3) is 0.615. The van der Waals surface area contributed by atoms with E-state index >= 15 is 0 Å². The molecule has 0 heterocycles. The van der Waals surface area contributed by atoms with E-state index in [1.807, 2.05) is 25.2 Å². The summed E-state index contributed by atoms with van der Waals surface area (Å²) in [5.74, 6) is 0.125. The van der Waals surface area contributed by atoms with Crippen molar-refractivity contribution in [1.29, 1.82) is 0 Å². The lowest BCUT2D eigenvalue weighted by atomic mass is 9.91. The summed E-state index contributed by atoms with van der Waals surface area (Å²) in [4.78, 5) is 12.1. The van der Waals surface area contributed by atoms with Gasteiger partial charge in [-0.2, -0.15) is 0 Å². The summed E-state index contributed by atoms with van der Waals surface area (Å²) in [5.41, 5.74) is -0.0485. The second-order valence-electron chi connectivity index (χ2n) is 5.31. The van der Waals surface area contributed by atoms with Crippen LogP contribution in [-0.2, 0) is 4.79 Å². The van der Waals surface area contributed by atoms with E-state index in [4.69, 9.17) is 11.6 Å². The minimum Gasteiger partial charge on any atom is -0.303 e. The van der Waals surface area contributed by atoms with E-state index in [0.717, 1.165) is 6.42 Å². The Morgan fingerprint density at radius 1 is 1.53 bits per heavy atom. The number of Topliss-reactive ketones (excluding diaryl/α,β-unsaturated/α-hetero) is 1. The molecule has 98 valence electrons. The second-order valence-corrected chi connectivity index (χ2v) is 5.75. The van der Waals surface area contributed by atoms with Gasteiger partial charge in [-0.05, 0) is 40.2 Å². The highest BCUT2D eigenvalue weighted by molar-refractivity contribution is 6.31. The smallest absolute Gasteiger partial charge is 0.156 e. The van der Waals surface area contributed by atoms with Gasteiger partial charge in [0.1, 0.15) is 0 Å². The van der Waals surface area contributed by atoms with Gasteiger partial charge in [-0.25, -0.2) is 0 Å². The first-order valence-corrected chi connectivity index (χ1v) is 6.02. The first-order chi connectivity index (χ1) is 7.29. The van der Waals surface area contributed by atoms with Crippen LogP contribution in [-0.4, -0.2) is 17.4 Å². The molecule has 0 aliphatic heterocycles. The zero-order chi connectivity index (χ0) is 12.3. The van der Waals surface area contributed by atoms with Gasteiger partial charge < -0.3 is 5.32 Å². The van der Waals surface area contributed by atoms with Crippen molar-refractivity contribution in [2.75, 3.05) is 0 Å². The van der Waals surface area contributed by atoms with Gasteiger partial charge >= 0.3 is 0 Å². The van der Waals surface area contributed by atoms with Gasteiger partial charge in [-0.1, -0.05) is 23.8 Å². The first-order valence-electron chi connectivity index (χ1n) is 5.65. The summed E-state index contributed by atoms with van der Waals surface area (Å²) in [5, 5.41) is 3.94. The fourth-order valence-electron chi connectivity index (χ4n) is 1.88. The van der Waals surface area contributed by atoms with Crippen LogP contribution in [0.1, 0.15) is 34.1 Å². The molecule has 0 fully saturated rings. The molecule has 1 N–H and O–H groups in total. The highest BCUT2D eigenvalue weighted by Crippen LogP contribution is 2.21. The maximum Gasteiger partial charge on any atom is 0.156 e. The van der Waals surface area contributed by atoms with Gasteiger partial charge in [-0.15, -0.1) is 12.4 Å². The number of hydrogen-bond acceptors (Lipinski definition) is 2. The maximum absolute atomic E-state index is 12.1. The third-order valence-corrected chi connectivity index (χ3v) is 2.72. The molecular weight excluding hydrogens is 257 g/mol. The van der Waals surface area contributed by atoms with Crippen molar-refractivity contribution in [3.8, 4) is 0 Å². The molecule has 2 unspecified atom stereocenters. The Morgan fingerprint density at radius 2 is 2.12 bits per heavy atom. The monoisotopic (exact) mass is 277 g/mol. The predicted molar refractivity (Wildman–Crippen MR) is 75.8 cm³/mol. The number of nitrogens with one attached hydrogen (secondary N) is 1. The molecule has 0 bridgehead atoms. The minimum atomic E-state index is -0.141. The Labute approximate surface area is 115 Å². The Hall–Kier alpha value is -0.310. The number of rotatable bonds is 3. The zero-order valence-corrected chi connectivity index (χ0v) is 12.4. The molecule has 4 heteroatoms. The van der Waals surface area contributed by atoms with Gasteiger partial charge in [-0.3, -0.25) is 4.79 Å². The standard InChI is InChI=1S/C13H20ClNO.ClH/c1-9(15-13(2,3)4)12(16)10-6-5-7-11(14)8-10;/h5,7-10,15H,6H2,1-4H3;1H. The molecule has 0 aromatic heterocycles. The summed E-state index contributed by atoms with van der Waals surface area (Å²) in [6.45, 7) is 8.08. The Kier molecular flexibility index (Phi) is 6.46. The third-order valence-electron chi connectivity index (χ3n) is 2.47. The lowest BCUT2D eigenvalue weighted by Crippen LogP contribution is -2.47. The van der Waals surface area contributed by atoms with Gasteiger partial charge in [0.25, 0.3) is 0 Å². The molecule has 1 rings (SSSR count). The molecule has 2 nitrogen and oxygen atoms in total. The molecule has 17 heavy (non-hydrogen) atoms. The van der Waals surface area contributed by atoms with Gasteiger partial charge in [0.05, 0.1) is 6.04 Å². The Balaban J connectivity index is 0.00000256. The highest BCUT2D eigenvalue weighted by atomic mass is 35.5. The topological polar surface area (TPSA) is 29.1 Å². The van der Waals surface area contributed by atoms with Crippen LogP contribution < -0.4 is 5.32 Å². The van der Waals surface area contributed by atoms with E-state index in [2.05, 4.69) is 26.1 Å². The van der Waals surface area contributed by atoms with Crippen molar-refractivity contribution in [2.45, 2.75) is 45.7 Å². The lowest BCUT2D eigenvalue weighted by molar-refractivity contribution is -0.123.